The first kappa shape index (κ1) is 16.0. The molecule has 1 saturated carbocycles. The maximum absolute atomic E-state index is 11.5. The van der Waals surface area contributed by atoms with Crippen LogP contribution in [-0.4, -0.2) is 50.9 Å². The number of aliphatic hydroxyl groups is 3. The Morgan fingerprint density at radius 2 is 2.00 bits per heavy atom. The Balaban J connectivity index is 2.69. The Bertz CT molecular complexity index is 272. The zero-order chi connectivity index (χ0) is 13.7. The van der Waals surface area contributed by atoms with E-state index in [9.17, 15) is 15.0 Å². The van der Waals surface area contributed by atoms with E-state index in [4.69, 9.17) is 5.11 Å². The number of thioether (sulfide) groups is 1. The molecule has 0 spiro atoms. The fourth-order valence-corrected chi connectivity index (χ4v) is 3.96. The van der Waals surface area contributed by atoms with Crippen LogP contribution in [0.25, 0.3) is 0 Å². The van der Waals surface area contributed by atoms with Crippen molar-refractivity contribution in [2.24, 2.45) is 11.8 Å². The fraction of sp³-hybridized carbons (Fsp3) is 0.923. The second-order valence-corrected chi connectivity index (χ2v) is 6.38. The van der Waals surface area contributed by atoms with Crippen LogP contribution in [0.2, 0.25) is 0 Å². The molecule has 1 rings (SSSR count). The molecule has 0 saturated heterocycles. The molecule has 1 aliphatic carbocycles. The van der Waals surface area contributed by atoms with Crippen LogP contribution in [0.1, 0.15) is 33.1 Å². The molecular weight excluding hydrogens is 252 g/mol. The van der Waals surface area contributed by atoms with Gasteiger partial charge in [0.1, 0.15) is 5.78 Å². The third kappa shape index (κ3) is 3.95. The van der Waals surface area contributed by atoms with Gasteiger partial charge in [-0.1, -0.05) is 6.92 Å². The van der Waals surface area contributed by atoms with E-state index in [0.29, 0.717) is 12.2 Å². The van der Waals surface area contributed by atoms with Crippen molar-refractivity contribution < 1.29 is 20.1 Å². The van der Waals surface area contributed by atoms with Crippen LogP contribution < -0.4 is 0 Å². The molecule has 18 heavy (non-hydrogen) atoms. The zero-order valence-electron chi connectivity index (χ0n) is 11.1. The van der Waals surface area contributed by atoms with Gasteiger partial charge < -0.3 is 15.3 Å². The normalized spacial score (nSPS) is 34.3. The molecule has 0 amide bonds. The highest BCUT2D eigenvalue weighted by molar-refractivity contribution is 7.99. The molecule has 0 aromatic heterocycles. The van der Waals surface area contributed by atoms with Gasteiger partial charge in [-0.3, -0.25) is 4.79 Å². The van der Waals surface area contributed by atoms with Gasteiger partial charge in [-0.05, 0) is 25.7 Å². The summed E-state index contributed by atoms with van der Waals surface area (Å²) in [6.07, 6.45) is 0.466. The minimum absolute atomic E-state index is 0.00131. The molecule has 0 radical (unpaired) electrons. The van der Waals surface area contributed by atoms with Crippen LogP contribution in [0.15, 0.2) is 0 Å². The minimum Gasteiger partial charge on any atom is -0.396 e. The first-order valence-corrected chi connectivity index (χ1v) is 7.65. The summed E-state index contributed by atoms with van der Waals surface area (Å²) < 4.78 is 0. The maximum Gasteiger partial charge on any atom is 0.135 e. The van der Waals surface area contributed by atoms with Gasteiger partial charge in [0.05, 0.1) is 18.8 Å². The molecule has 4 nitrogen and oxygen atoms in total. The molecule has 3 N–H and O–H groups in total. The van der Waals surface area contributed by atoms with Crippen molar-refractivity contribution in [1.82, 2.24) is 0 Å². The lowest BCUT2D eigenvalue weighted by atomic mass is 9.74. The van der Waals surface area contributed by atoms with Crippen LogP contribution in [0, 0.1) is 11.8 Å². The van der Waals surface area contributed by atoms with Gasteiger partial charge in [0.15, 0.2) is 0 Å². The van der Waals surface area contributed by atoms with Crippen LogP contribution in [-0.2, 0) is 4.79 Å². The summed E-state index contributed by atoms with van der Waals surface area (Å²) in [6.45, 7) is 3.68. The summed E-state index contributed by atoms with van der Waals surface area (Å²) in [5, 5.41) is 29.0. The van der Waals surface area contributed by atoms with Crippen LogP contribution >= 0.6 is 11.8 Å². The predicted octanol–water partition coefficient (Wildman–Crippen LogP) is 0.827. The molecule has 0 heterocycles. The Kier molecular flexibility index (Phi) is 6.63. The fourth-order valence-electron chi connectivity index (χ4n) is 2.78. The van der Waals surface area contributed by atoms with Gasteiger partial charge in [0.25, 0.3) is 0 Å². The third-order valence-corrected chi connectivity index (χ3v) is 5.32. The van der Waals surface area contributed by atoms with E-state index in [1.807, 2.05) is 0 Å². The first-order valence-electron chi connectivity index (χ1n) is 6.60. The van der Waals surface area contributed by atoms with Gasteiger partial charge in [0, 0.05) is 23.3 Å². The van der Waals surface area contributed by atoms with E-state index in [2.05, 4.69) is 6.92 Å². The van der Waals surface area contributed by atoms with Crippen LogP contribution in [0.5, 0.6) is 0 Å². The standard InChI is InChI=1S/C13H24O4S/c1-3-13(18-5-4-14)10-6-9(8(2)15)11(16)7-12(10)17/h9-14,16-17H,3-7H2,1-2H3. The van der Waals surface area contributed by atoms with E-state index in [1.165, 1.54) is 6.92 Å². The number of hydrogen-bond donors (Lipinski definition) is 3. The summed E-state index contributed by atoms with van der Waals surface area (Å²) in [5.74, 6) is 0.335. The van der Waals surface area contributed by atoms with E-state index >= 15 is 0 Å². The lowest BCUT2D eigenvalue weighted by Crippen LogP contribution is -2.45. The summed E-state index contributed by atoms with van der Waals surface area (Å²) in [5.41, 5.74) is 0. The lowest BCUT2D eigenvalue weighted by Gasteiger charge is -2.39. The number of carbonyl (C=O) groups is 1. The Hall–Kier alpha value is -0.100. The highest BCUT2D eigenvalue weighted by Crippen LogP contribution is 2.37. The number of carbonyl (C=O) groups excluding carboxylic acids is 1. The van der Waals surface area contributed by atoms with E-state index in [-0.39, 0.29) is 35.9 Å². The summed E-state index contributed by atoms with van der Waals surface area (Å²) in [4.78, 5) is 11.5. The minimum atomic E-state index is -0.714. The third-order valence-electron chi connectivity index (χ3n) is 3.79. The lowest BCUT2D eigenvalue weighted by molar-refractivity contribution is -0.129. The molecule has 0 aliphatic heterocycles. The van der Waals surface area contributed by atoms with Crippen molar-refractivity contribution >= 4 is 17.5 Å². The van der Waals surface area contributed by atoms with E-state index in [0.717, 1.165) is 6.42 Å². The monoisotopic (exact) mass is 276 g/mol. The highest BCUT2D eigenvalue weighted by Gasteiger charge is 2.40. The van der Waals surface area contributed by atoms with Crippen LogP contribution in [0.4, 0.5) is 0 Å². The highest BCUT2D eigenvalue weighted by atomic mass is 32.2. The Labute approximate surface area is 113 Å². The van der Waals surface area contributed by atoms with Gasteiger partial charge in [-0.2, -0.15) is 11.8 Å². The Morgan fingerprint density at radius 3 is 2.50 bits per heavy atom. The molecular formula is C13H24O4S. The second kappa shape index (κ2) is 7.48. The molecule has 1 aliphatic rings. The van der Waals surface area contributed by atoms with Gasteiger partial charge in [-0.15, -0.1) is 0 Å². The summed E-state index contributed by atoms with van der Waals surface area (Å²) >= 11 is 1.64. The smallest absolute Gasteiger partial charge is 0.135 e. The molecule has 5 heteroatoms. The topological polar surface area (TPSA) is 77.8 Å². The average Bonchev–Trinajstić information content (AvgIpc) is 2.31. The molecule has 0 aromatic rings. The summed E-state index contributed by atoms with van der Waals surface area (Å²) in [6, 6.07) is 0. The van der Waals surface area contributed by atoms with E-state index < -0.39 is 12.2 Å². The van der Waals surface area contributed by atoms with Gasteiger partial charge in [0.2, 0.25) is 0 Å². The second-order valence-electron chi connectivity index (χ2n) is 5.03. The quantitative estimate of drug-likeness (QED) is 0.670. The molecule has 106 valence electrons. The predicted molar refractivity (Wildman–Crippen MR) is 72.5 cm³/mol. The molecule has 0 bridgehead atoms. The van der Waals surface area contributed by atoms with Crippen molar-refractivity contribution in [3.05, 3.63) is 0 Å². The SMILES string of the molecule is CCC(SCCO)C1CC(C(C)=O)C(O)CC1O. The molecule has 0 aromatic carbocycles. The van der Waals surface area contributed by atoms with Gasteiger partial charge in [-0.25, -0.2) is 0 Å². The summed E-state index contributed by atoms with van der Waals surface area (Å²) in [7, 11) is 0. The van der Waals surface area contributed by atoms with Gasteiger partial charge >= 0.3 is 0 Å². The van der Waals surface area contributed by atoms with Crippen molar-refractivity contribution in [1.29, 1.82) is 0 Å². The number of rotatable bonds is 6. The number of aliphatic hydroxyl groups excluding tert-OH is 3. The molecule has 5 unspecified atom stereocenters. The largest absolute Gasteiger partial charge is 0.396 e. The van der Waals surface area contributed by atoms with Crippen molar-refractivity contribution in [3.63, 3.8) is 0 Å². The average molecular weight is 276 g/mol. The first-order chi connectivity index (χ1) is 8.51. The number of hydrogen-bond acceptors (Lipinski definition) is 5. The Morgan fingerprint density at radius 1 is 1.33 bits per heavy atom. The zero-order valence-corrected chi connectivity index (χ0v) is 11.9. The van der Waals surface area contributed by atoms with Crippen molar-refractivity contribution in [3.8, 4) is 0 Å². The van der Waals surface area contributed by atoms with Crippen molar-refractivity contribution in [2.75, 3.05) is 12.4 Å². The van der Waals surface area contributed by atoms with E-state index in [1.54, 1.807) is 11.8 Å². The maximum atomic E-state index is 11.5. The number of ketones is 1. The molecule has 5 atom stereocenters. The van der Waals surface area contributed by atoms with Crippen LogP contribution in [0.3, 0.4) is 0 Å². The van der Waals surface area contributed by atoms with Crippen molar-refractivity contribution in [2.45, 2.75) is 50.6 Å². The number of Topliss-reactive ketones (excluding diaryl/α,β-unsaturated/α-hetero) is 1. The molecule has 1 fully saturated rings.